The van der Waals surface area contributed by atoms with E-state index in [2.05, 4.69) is 63.2 Å². The summed E-state index contributed by atoms with van der Waals surface area (Å²) in [5.74, 6) is 2.57. The molecule has 1 N–H and O–H groups in total. The fourth-order valence-corrected chi connectivity index (χ4v) is 5.18. The molecular formula is C26H33N7O2. The van der Waals surface area contributed by atoms with Crippen molar-refractivity contribution in [2.24, 2.45) is 0 Å². The lowest BCUT2D eigenvalue weighted by Gasteiger charge is -2.35. The highest BCUT2D eigenvalue weighted by Gasteiger charge is 2.37. The highest BCUT2D eigenvalue weighted by atomic mass is 16.3. The molecular weight excluding hydrogens is 442 g/mol. The Balaban J connectivity index is 1.31. The van der Waals surface area contributed by atoms with Gasteiger partial charge in [-0.15, -0.1) is 0 Å². The van der Waals surface area contributed by atoms with Gasteiger partial charge in [0.15, 0.2) is 6.39 Å². The number of anilines is 4. The third-order valence-electron chi connectivity index (χ3n) is 7.16. The molecule has 0 aliphatic carbocycles. The first-order valence-electron chi connectivity index (χ1n) is 12.5. The van der Waals surface area contributed by atoms with Gasteiger partial charge in [0.2, 0.25) is 11.9 Å². The van der Waals surface area contributed by atoms with Crippen molar-refractivity contribution in [3.63, 3.8) is 0 Å². The number of benzene rings is 1. The minimum absolute atomic E-state index is 0.0877. The van der Waals surface area contributed by atoms with Gasteiger partial charge < -0.3 is 24.4 Å². The average Bonchev–Trinajstić information content (AvgIpc) is 3.54. The fourth-order valence-electron chi connectivity index (χ4n) is 5.18. The van der Waals surface area contributed by atoms with E-state index in [1.165, 1.54) is 6.39 Å². The van der Waals surface area contributed by atoms with Crippen LogP contribution in [0.15, 0.2) is 47.5 Å². The van der Waals surface area contributed by atoms with Gasteiger partial charge in [0.1, 0.15) is 11.6 Å². The van der Waals surface area contributed by atoms with Crippen LogP contribution in [0.3, 0.4) is 0 Å². The Morgan fingerprint density at radius 2 is 1.86 bits per heavy atom. The van der Waals surface area contributed by atoms with E-state index in [1.807, 2.05) is 11.1 Å². The van der Waals surface area contributed by atoms with Crippen LogP contribution >= 0.6 is 0 Å². The van der Waals surface area contributed by atoms with Crippen molar-refractivity contribution in [3.8, 4) is 0 Å². The average molecular weight is 476 g/mol. The lowest BCUT2D eigenvalue weighted by atomic mass is 10.1. The molecule has 2 aliphatic rings. The number of rotatable bonds is 7. The SMILES string of the molecule is CCC(CC)N1c2nc(Nc3ccc(N4CCN(C(C)=O)CC4)cc3)ncc2CC1c1cnco1. The van der Waals surface area contributed by atoms with Crippen LogP contribution in [0, 0.1) is 0 Å². The lowest BCUT2D eigenvalue weighted by Crippen LogP contribution is -2.48. The first kappa shape index (κ1) is 23.1. The van der Waals surface area contributed by atoms with E-state index in [1.54, 1.807) is 13.1 Å². The minimum atomic E-state index is 0.0877. The minimum Gasteiger partial charge on any atom is -0.446 e. The number of piperazine rings is 1. The Kier molecular flexibility index (Phi) is 6.57. The molecule has 184 valence electrons. The summed E-state index contributed by atoms with van der Waals surface area (Å²) in [4.78, 5) is 31.8. The van der Waals surface area contributed by atoms with Crippen molar-refractivity contribution in [3.05, 3.63) is 54.4 Å². The van der Waals surface area contributed by atoms with E-state index < -0.39 is 0 Å². The summed E-state index contributed by atoms with van der Waals surface area (Å²) >= 11 is 0. The maximum atomic E-state index is 11.6. The van der Waals surface area contributed by atoms with Gasteiger partial charge in [0.25, 0.3) is 0 Å². The van der Waals surface area contributed by atoms with Crippen molar-refractivity contribution >= 4 is 29.0 Å². The predicted molar refractivity (Wildman–Crippen MR) is 136 cm³/mol. The van der Waals surface area contributed by atoms with E-state index in [4.69, 9.17) is 9.40 Å². The van der Waals surface area contributed by atoms with Crippen molar-refractivity contribution in [1.82, 2.24) is 19.9 Å². The van der Waals surface area contributed by atoms with Crippen molar-refractivity contribution in [1.29, 1.82) is 0 Å². The largest absolute Gasteiger partial charge is 0.446 e. The Bertz CT molecular complexity index is 1140. The van der Waals surface area contributed by atoms with Crippen LogP contribution in [0.4, 0.5) is 23.1 Å². The predicted octanol–water partition coefficient (Wildman–Crippen LogP) is 4.17. The molecule has 1 fully saturated rings. The van der Waals surface area contributed by atoms with E-state index in [9.17, 15) is 4.79 Å². The maximum Gasteiger partial charge on any atom is 0.229 e. The maximum absolute atomic E-state index is 11.6. The Hall–Kier alpha value is -3.62. The number of nitrogens with zero attached hydrogens (tertiary/aromatic N) is 6. The molecule has 3 aromatic rings. The van der Waals surface area contributed by atoms with Crippen LogP contribution in [0.2, 0.25) is 0 Å². The number of hydrogen-bond donors (Lipinski definition) is 1. The zero-order valence-corrected chi connectivity index (χ0v) is 20.6. The molecule has 5 rings (SSSR count). The third kappa shape index (κ3) is 4.67. The molecule has 2 aliphatic heterocycles. The topological polar surface area (TPSA) is 90.6 Å². The molecule has 0 bridgehead atoms. The molecule has 1 aromatic carbocycles. The number of hydrogen-bond acceptors (Lipinski definition) is 8. The van der Waals surface area contributed by atoms with Gasteiger partial charge in [-0.3, -0.25) is 4.79 Å². The van der Waals surface area contributed by atoms with E-state index >= 15 is 0 Å². The number of nitrogens with one attached hydrogen (secondary N) is 1. The molecule has 35 heavy (non-hydrogen) atoms. The lowest BCUT2D eigenvalue weighted by molar-refractivity contribution is -0.129. The Labute approximate surface area is 206 Å². The standard InChI is InChI=1S/C26H33N7O2/c1-4-21(5-2)33-23(24-16-27-17-35-24)14-19-15-28-26(30-25(19)33)29-20-6-8-22(9-7-20)32-12-10-31(11-13-32)18(3)34/h6-9,15-17,21,23H,4-5,10-14H2,1-3H3,(H,28,29,30). The van der Waals surface area contributed by atoms with E-state index in [-0.39, 0.29) is 11.9 Å². The summed E-state index contributed by atoms with van der Waals surface area (Å²) < 4.78 is 5.68. The zero-order valence-electron chi connectivity index (χ0n) is 20.6. The van der Waals surface area contributed by atoms with E-state index in [0.29, 0.717) is 12.0 Å². The Morgan fingerprint density at radius 3 is 2.49 bits per heavy atom. The van der Waals surface area contributed by atoms with Gasteiger partial charge in [-0.2, -0.15) is 4.98 Å². The molecule has 1 amide bonds. The summed E-state index contributed by atoms with van der Waals surface area (Å²) in [6.07, 6.45) is 8.09. The van der Waals surface area contributed by atoms with Crippen molar-refractivity contribution in [2.45, 2.75) is 52.1 Å². The quantitative estimate of drug-likeness (QED) is 0.545. The first-order valence-corrected chi connectivity index (χ1v) is 12.5. The second-order valence-electron chi connectivity index (χ2n) is 9.21. The highest BCUT2D eigenvalue weighted by Crippen LogP contribution is 2.42. The Morgan fingerprint density at radius 1 is 1.11 bits per heavy atom. The van der Waals surface area contributed by atoms with Crippen molar-refractivity contribution in [2.75, 3.05) is 41.3 Å². The zero-order chi connectivity index (χ0) is 24.4. The normalized spacial score (nSPS) is 17.7. The number of aromatic nitrogens is 3. The summed E-state index contributed by atoms with van der Waals surface area (Å²) in [5.41, 5.74) is 3.22. The second kappa shape index (κ2) is 9.93. The number of carbonyl (C=O) groups is 1. The van der Waals surface area contributed by atoms with Crippen LogP contribution in [-0.4, -0.2) is 58.0 Å². The van der Waals surface area contributed by atoms with Crippen LogP contribution in [-0.2, 0) is 11.2 Å². The fraction of sp³-hybridized carbons (Fsp3) is 0.462. The molecule has 0 saturated carbocycles. The van der Waals surface area contributed by atoms with Crippen LogP contribution < -0.4 is 15.1 Å². The molecule has 1 unspecified atom stereocenters. The molecule has 0 radical (unpaired) electrons. The summed E-state index contributed by atoms with van der Waals surface area (Å²) in [7, 11) is 0. The summed E-state index contributed by atoms with van der Waals surface area (Å²) in [6.45, 7) is 9.28. The van der Waals surface area contributed by atoms with Crippen LogP contribution in [0.25, 0.3) is 0 Å². The van der Waals surface area contributed by atoms with E-state index in [0.717, 1.165) is 74.0 Å². The van der Waals surface area contributed by atoms with Gasteiger partial charge in [-0.25, -0.2) is 9.97 Å². The second-order valence-corrected chi connectivity index (χ2v) is 9.21. The van der Waals surface area contributed by atoms with Gasteiger partial charge in [-0.05, 0) is 37.1 Å². The first-order chi connectivity index (χ1) is 17.1. The van der Waals surface area contributed by atoms with Gasteiger partial charge in [-0.1, -0.05) is 13.8 Å². The third-order valence-corrected chi connectivity index (χ3v) is 7.16. The molecule has 2 aromatic heterocycles. The smallest absolute Gasteiger partial charge is 0.229 e. The highest BCUT2D eigenvalue weighted by molar-refractivity contribution is 5.73. The number of oxazole rings is 1. The van der Waals surface area contributed by atoms with Crippen LogP contribution in [0.1, 0.15) is 51.0 Å². The summed E-state index contributed by atoms with van der Waals surface area (Å²) in [6, 6.07) is 8.77. The molecule has 1 saturated heterocycles. The molecule has 9 nitrogen and oxygen atoms in total. The molecule has 4 heterocycles. The monoisotopic (exact) mass is 475 g/mol. The molecule has 9 heteroatoms. The van der Waals surface area contributed by atoms with Crippen molar-refractivity contribution < 1.29 is 9.21 Å². The summed E-state index contributed by atoms with van der Waals surface area (Å²) in [5, 5.41) is 3.37. The molecule has 1 atom stereocenters. The van der Waals surface area contributed by atoms with Gasteiger partial charge >= 0.3 is 0 Å². The van der Waals surface area contributed by atoms with Gasteiger partial charge in [0, 0.05) is 68.7 Å². The number of carbonyl (C=O) groups excluding carboxylic acids is 1. The number of fused-ring (bicyclic) bond motifs is 1. The molecule has 0 spiro atoms. The van der Waals surface area contributed by atoms with Crippen LogP contribution in [0.5, 0.6) is 0 Å². The van der Waals surface area contributed by atoms with Gasteiger partial charge in [0.05, 0.1) is 12.2 Å². The number of amides is 1.